The van der Waals surface area contributed by atoms with Crippen molar-refractivity contribution in [2.75, 3.05) is 46.1 Å². The van der Waals surface area contributed by atoms with Gasteiger partial charge in [0.1, 0.15) is 0 Å². The number of nitrogens with two attached hydrogens (primary N) is 1. The van der Waals surface area contributed by atoms with E-state index in [1.165, 1.54) is 12.8 Å². The molecule has 0 aromatic heterocycles. The lowest BCUT2D eigenvalue weighted by Gasteiger charge is -2.09. The van der Waals surface area contributed by atoms with Crippen LogP contribution < -0.4 is 11.1 Å². The monoisotopic (exact) mass is 232 g/mol. The van der Waals surface area contributed by atoms with Crippen molar-refractivity contribution in [3.05, 3.63) is 0 Å². The second kappa shape index (κ2) is 12.9. The molecule has 0 aliphatic carbocycles. The van der Waals surface area contributed by atoms with E-state index in [0.29, 0.717) is 26.4 Å². The Morgan fingerprint density at radius 2 is 1.75 bits per heavy atom. The van der Waals surface area contributed by atoms with Gasteiger partial charge in [0.05, 0.1) is 26.4 Å². The highest BCUT2D eigenvalue weighted by molar-refractivity contribution is 4.53. The molecule has 0 saturated carbocycles. The lowest BCUT2D eigenvalue weighted by molar-refractivity contribution is 0.0518. The fourth-order valence-electron chi connectivity index (χ4n) is 1.23. The lowest BCUT2D eigenvalue weighted by Crippen LogP contribution is -2.23. The zero-order valence-electron chi connectivity index (χ0n) is 10.8. The van der Waals surface area contributed by atoms with E-state index in [2.05, 4.69) is 19.2 Å². The molecule has 0 aromatic carbocycles. The fraction of sp³-hybridized carbons (Fsp3) is 1.00. The highest BCUT2D eigenvalue weighted by Gasteiger charge is 1.97. The van der Waals surface area contributed by atoms with Crippen molar-refractivity contribution in [3.8, 4) is 0 Å². The van der Waals surface area contributed by atoms with E-state index in [1.807, 2.05) is 0 Å². The Bertz CT molecular complexity index is 134. The summed E-state index contributed by atoms with van der Waals surface area (Å²) in [6, 6.07) is 0. The Kier molecular flexibility index (Phi) is 12.8. The van der Waals surface area contributed by atoms with Crippen LogP contribution in [0, 0.1) is 5.92 Å². The van der Waals surface area contributed by atoms with Crippen LogP contribution in [-0.2, 0) is 9.47 Å². The Hall–Kier alpha value is -0.160. The quantitative estimate of drug-likeness (QED) is 0.493. The van der Waals surface area contributed by atoms with Gasteiger partial charge in [0.2, 0.25) is 0 Å². The maximum absolute atomic E-state index is 5.39. The maximum Gasteiger partial charge on any atom is 0.0701 e. The number of nitrogens with one attached hydrogen (secondary N) is 1. The Morgan fingerprint density at radius 3 is 2.38 bits per heavy atom. The largest absolute Gasteiger partial charge is 0.378 e. The molecule has 0 spiro atoms. The second-order valence-electron chi connectivity index (χ2n) is 4.07. The summed E-state index contributed by atoms with van der Waals surface area (Å²) in [6.07, 6.45) is 2.51. The average Bonchev–Trinajstić information content (AvgIpc) is 2.31. The topological polar surface area (TPSA) is 56.5 Å². The van der Waals surface area contributed by atoms with Crippen LogP contribution in [0.4, 0.5) is 0 Å². The van der Waals surface area contributed by atoms with Crippen LogP contribution in [0.25, 0.3) is 0 Å². The first-order valence-electron chi connectivity index (χ1n) is 6.37. The molecule has 0 saturated heterocycles. The van der Waals surface area contributed by atoms with Crippen molar-refractivity contribution in [2.45, 2.75) is 26.7 Å². The molecule has 16 heavy (non-hydrogen) atoms. The minimum absolute atomic E-state index is 0.581. The number of rotatable bonds is 12. The average molecular weight is 232 g/mol. The van der Waals surface area contributed by atoms with Gasteiger partial charge in [0.25, 0.3) is 0 Å². The van der Waals surface area contributed by atoms with Crippen LogP contribution in [0.1, 0.15) is 26.7 Å². The first kappa shape index (κ1) is 15.8. The van der Waals surface area contributed by atoms with Gasteiger partial charge < -0.3 is 20.5 Å². The Balaban J connectivity index is 2.93. The predicted octanol–water partition coefficient (Wildman–Crippen LogP) is 1.00. The molecular weight excluding hydrogens is 204 g/mol. The van der Waals surface area contributed by atoms with E-state index in [9.17, 15) is 0 Å². The van der Waals surface area contributed by atoms with Gasteiger partial charge in [0, 0.05) is 13.1 Å². The maximum atomic E-state index is 5.39. The molecule has 0 aliphatic rings. The van der Waals surface area contributed by atoms with Crippen molar-refractivity contribution >= 4 is 0 Å². The van der Waals surface area contributed by atoms with Crippen LogP contribution in [0.3, 0.4) is 0 Å². The molecule has 0 amide bonds. The van der Waals surface area contributed by atoms with Crippen molar-refractivity contribution in [3.63, 3.8) is 0 Å². The van der Waals surface area contributed by atoms with Gasteiger partial charge in [-0.1, -0.05) is 20.3 Å². The van der Waals surface area contributed by atoms with Gasteiger partial charge in [-0.3, -0.25) is 0 Å². The predicted molar refractivity (Wildman–Crippen MR) is 67.6 cm³/mol. The molecule has 98 valence electrons. The molecule has 4 heteroatoms. The van der Waals surface area contributed by atoms with Gasteiger partial charge in [-0.05, 0) is 18.9 Å². The summed E-state index contributed by atoms with van der Waals surface area (Å²) in [5, 5.41) is 3.37. The van der Waals surface area contributed by atoms with E-state index in [0.717, 1.165) is 25.6 Å². The van der Waals surface area contributed by atoms with Crippen molar-refractivity contribution in [1.29, 1.82) is 0 Å². The molecule has 0 heterocycles. The zero-order chi connectivity index (χ0) is 12.1. The van der Waals surface area contributed by atoms with Crippen LogP contribution in [0.15, 0.2) is 0 Å². The molecule has 1 atom stereocenters. The molecule has 4 nitrogen and oxygen atoms in total. The van der Waals surface area contributed by atoms with Gasteiger partial charge in [-0.2, -0.15) is 0 Å². The smallest absolute Gasteiger partial charge is 0.0701 e. The second-order valence-corrected chi connectivity index (χ2v) is 4.07. The fourth-order valence-corrected chi connectivity index (χ4v) is 1.23. The first-order valence-corrected chi connectivity index (χ1v) is 6.37. The minimum Gasteiger partial charge on any atom is -0.378 e. The summed E-state index contributed by atoms with van der Waals surface area (Å²) >= 11 is 0. The van der Waals surface area contributed by atoms with E-state index >= 15 is 0 Å². The minimum atomic E-state index is 0.581. The summed E-state index contributed by atoms with van der Waals surface area (Å²) in [6.45, 7) is 9.79. The van der Waals surface area contributed by atoms with Gasteiger partial charge in [-0.25, -0.2) is 0 Å². The lowest BCUT2D eigenvalue weighted by atomic mass is 10.1. The van der Waals surface area contributed by atoms with Crippen molar-refractivity contribution < 1.29 is 9.47 Å². The molecule has 0 bridgehead atoms. The summed E-state index contributed by atoms with van der Waals surface area (Å²) in [5.41, 5.74) is 5.28. The third-order valence-electron chi connectivity index (χ3n) is 2.57. The Labute approximate surface area is 99.9 Å². The third kappa shape index (κ3) is 11.9. The zero-order valence-corrected chi connectivity index (χ0v) is 10.8. The van der Waals surface area contributed by atoms with E-state index < -0.39 is 0 Å². The summed E-state index contributed by atoms with van der Waals surface area (Å²) in [7, 11) is 0. The molecule has 0 fully saturated rings. The SMILES string of the molecule is CCC(C)CCNCCOCCOCCN. The number of hydrogen-bond donors (Lipinski definition) is 2. The summed E-state index contributed by atoms with van der Waals surface area (Å²) in [5.74, 6) is 0.818. The van der Waals surface area contributed by atoms with Crippen LogP contribution >= 0.6 is 0 Å². The molecule has 1 unspecified atom stereocenters. The summed E-state index contributed by atoms with van der Waals surface area (Å²) < 4.78 is 10.6. The Morgan fingerprint density at radius 1 is 1.06 bits per heavy atom. The molecule has 0 rings (SSSR count). The van der Waals surface area contributed by atoms with Gasteiger partial charge >= 0.3 is 0 Å². The van der Waals surface area contributed by atoms with E-state index in [4.69, 9.17) is 15.2 Å². The molecule has 3 N–H and O–H groups in total. The highest BCUT2D eigenvalue weighted by Crippen LogP contribution is 2.03. The first-order chi connectivity index (χ1) is 7.81. The molecule has 0 aromatic rings. The van der Waals surface area contributed by atoms with Crippen molar-refractivity contribution in [1.82, 2.24) is 5.32 Å². The normalized spacial score (nSPS) is 12.9. The van der Waals surface area contributed by atoms with Crippen LogP contribution in [0.5, 0.6) is 0 Å². The van der Waals surface area contributed by atoms with E-state index in [1.54, 1.807) is 0 Å². The molecule has 0 radical (unpaired) electrons. The van der Waals surface area contributed by atoms with Gasteiger partial charge in [0.15, 0.2) is 0 Å². The highest BCUT2D eigenvalue weighted by atomic mass is 16.5. The standard InChI is InChI=1S/C12H28N2O2/c1-3-12(2)4-6-14-7-9-16-11-10-15-8-5-13/h12,14H,3-11,13H2,1-2H3. The third-order valence-corrected chi connectivity index (χ3v) is 2.57. The van der Waals surface area contributed by atoms with Crippen LogP contribution in [-0.4, -0.2) is 46.1 Å². The molecule has 0 aliphatic heterocycles. The molecular formula is C12H28N2O2. The van der Waals surface area contributed by atoms with Crippen molar-refractivity contribution in [2.24, 2.45) is 11.7 Å². The number of ether oxygens (including phenoxy) is 2. The van der Waals surface area contributed by atoms with E-state index in [-0.39, 0.29) is 0 Å². The van der Waals surface area contributed by atoms with Gasteiger partial charge in [-0.15, -0.1) is 0 Å². The number of hydrogen-bond acceptors (Lipinski definition) is 4. The van der Waals surface area contributed by atoms with Crippen LogP contribution in [0.2, 0.25) is 0 Å². The summed E-state index contributed by atoms with van der Waals surface area (Å²) in [4.78, 5) is 0.